The fourth-order valence-corrected chi connectivity index (χ4v) is 3.39. The van der Waals surface area contributed by atoms with Crippen LogP contribution in [0.15, 0.2) is 18.2 Å². The number of carbonyl (C=O) groups excluding carboxylic acids is 1. The van der Waals surface area contributed by atoms with Gasteiger partial charge in [-0.05, 0) is 37.3 Å². The maximum Gasteiger partial charge on any atom is 0.273 e. The van der Waals surface area contributed by atoms with Gasteiger partial charge in [0.2, 0.25) is 0 Å². The van der Waals surface area contributed by atoms with Crippen LogP contribution in [0.5, 0.6) is 0 Å². The van der Waals surface area contributed by atoms with Crippen LogP contribution in [0.2, 0.25) is 0 Å². The van der Waals surface area contributed by atoms with Crippen molar-refractivity contribution in [1.29, 1.82) is 0 Å². The van der Waals surface area contributed by atoms with Gasteiger partial charge < -0.3 is 10.2 Å². The highest BCUT2D eigenvalue weighted by Crippen LogP contribution is 2.37. The molecule has 1 aromatic rings. The number of nitro groups is 1. The third kappa shape index (κ3) is 2.81. The molecule has 3 rings (SSSR count). The molecule has 1 amide bonds. The molecule has 0 bridgehead atoms. The minimum absolute atomic E-state index is 0.0483. The number of benzene rings is 1. The van der Waals surface area contributed by atoms with Crippen molar-refractivity contribution >= 4 is 11.6 Å². The number of carbonyl (C=O) groups is 1. The molecule has 2 aliphatic heterocycles. The second-order valence-electron chi connectivity index (χ2n) is 6.17. The van der Waals surface area contributed by atoms with Crippen LogP contribution < -0.4 is 5.32 Å². The number of nitrogens with one attached hydrogen (secondary N) is 1. The minimum Gasteiger partial charge on any atom is -0.339 e. The van der Waals surface area contributed by atoms with Crippen LogP contribution in [0.25, 0.3) is 0 Å². The number of hydrogen-bond donors (Lipinski definition) is 1. The van der Waals surface area contributed by atoms with Crippen LogP contribution in [0.3, 0.4) is 0 Å². The lowest BCUT2D eigenvalue weighted by Gasteiger charge is -2.38. The van der Waals surface area contributed by atoms with E-state index in [2.05, 4.69) is 5.32 Å². The first-order valence-electron chi connectivity index (χ1n) is 7.44. The molecule has 118 valence electrons. The van der Waals surface area contributed by atoms with E-state index >= 15 is 0 Å². The topological polar surface area (TPSA) is 75.5 Å². The Kier molecular flexibility index (Phi) is 3.82. The molecule has 1 spiro atoms. The van der Waals surface area contributed by atoms with E-state index in [0.717, 1.165) is 50.6 Å². The monoisotopic (exact) mass is 307 g/mol. The summed E-state index contributed by atoms with van der Waals surface area (Å²) in [5, 5.41) is 14.1. The van der Waals surface area contributed by atoms with Gasteiger partial charge >= 0.3 is 0 Å². The van der Waals surface area contributed by atoms with E-state index in [1.165, 1.54) is 0 Å². The van der Waals surface area contributed by atoms with Crippen LogP contribution in [0.1, 0.15) is 29.6 Å². The van der Waals surface area contributed by atoms with Crippen LogP contribution in [-0.2, 0) is 0 Å². The number of amides is 1. The first-order chi connectivity index (χ1) is 10.5. The molecule has 0 atom stereocenters. The predicted octanol–water partition coefficient (Wildman–Crippen LogP) is 1.95. The molecular weight excluding hydrogens is 289 g/mol. The second-order valence-corrected chi connectivity index (χ2v) is 6.17. The van der Waals surface area contributed by atoms with Crippen molar-refractivity contribution in [2.45, 2.75) is 19.3 Å². The van der Waals surface area contributed by atoms with Crippen molar-refractivity contribution in [1.82, 2.24) is 10.2 Å². The summed E-state index contributed by atoms with van der Waals surface area (Å²) in [5.74, 6) is -1.09. The van der Waals surface area contributed by atoms with Gasteiger partial charge in [-0.1, -0.05) is 0 Å². The SMILES string of the molecule is O=C(c1cc(F)cc([N+](=O)[O-])c1)N1CCC2(CCNC2)CC1. The molecule has 0 radical (unpaired) electrons. The number of hydrogen-bond acceptors (Lipinski definition) is 4. The van der Waals surface area contributed by atoms with Gasteiger partial charge in [0.1, 0.15) is 5.82 Å². The molecule has 2 saturated heterocycles. The number of halogens is 1. The number of likely N-dealkylation sites (tertiary alicyclic amines) is 1. The first-order valence-corrected chi connectivity index (χ1v) is 7.44. The standard InChI is InChI=1S/C15H18FN3O3/c16-12-7-11(8-13(9-12)19(21)22)14(20)18-5-2-15(3-6-18)1-4-17-10-15/h7-9,17H,1-6,10H2. The van der Waals surface area contributed by atoms with E-state index in [9.17, 15) is 19.3 Å². The summed E-state index contributed by atoms with van der Waals surface area (Å²) in [6.07, 6.45) is 2.97. The average Bonchev–Trinajstić information content (AvgIpc) is 2.95. The Morgan fingerprint density at radius 3 is 2.59 bits per heavy atom. The highest BCUT2D eigenvalue weighted by molar-refractivity contribution is 5.95. The van der Waals surface area contributed by atoms with Gasteiger partial charge in [-0.2, -0.15) is 0 Å². The Morgan fingerprint density at radius 1 is 1.27 bits per heavy atom. The zero-order valence-electron chi connectivity index (χ0n) is 12.2. The van der Waals surface area contributed by atoms with E-state index in [1.807, 2.05) is 0 Å². The summed E-state index contributed by atoms with van der Waals surface area (Å²) in [5.41, 5.74) is -0.0610. The molecule has 1 aromatic carbocycles. The molecule has 2 fully saturated rings. The van der Waals surface area contributed by atoms with Gasteiger partial charge in [-0.3, -0.25) is 14.9 Å². The third-order valence-corrected chi connectivity index (χ3v) is 4.78. The maximum atomic E-state index is 13.5. The largest absolute Gasteiger partial charge is 0.339 e. The lowest BCUT2D eigenvalue weighted by Crippen LogP contribution is -2.44. The van der Waals surface area contributed by atoms with Crippen molar-refractivity contribution in [2.75, 3.05) is 26.2 Å². The van der Waals surface area contributed by atoms with Gasteiger partial charge in [0.15, 0.2) is 0 Å². The fourth-order valence-electron chi connectivity index (χ4n) is 3.39. The Hall–Kier alpha value is -2.02. The summed E-state index contributed by atoms with van der Waals surface area (Å²) in [4.78, 5) is 24.2. The molecule has 0 saturated carbocycles. The molecule has 6 nitrogen and oxygen atoms in total. The summed E-state index contributed by atoms with van der Waals surface area (Å²) >= 11 is 0. The van der Waals surface area contributed by atoms with E-state index in [1.54, 1.807) is 4.90 Å². The van der Waals surface area contributed by atoms with Crippen molar-refractivity contribution < 1.29 is 14.1 Å². The molecule has 2 aliphatic rings. The second kappa shape index (κ2) is 5.64. The zero-order chi connectivity index (χ0) is 15.7. The van der Waals surface area contributed by atoms with Crippen molar-refractivity contribution in [2.24, 2.45) is 5.41 Å². The number of nitro benzene ring substituents is 1. The Labute approximate surface area is 127 Å². The zero-order valence-corrected chi connectivity index (χ0v) is 12.2. The average molecular weight is 307 g/mol. The highest BCUT2D eigenvalue weighted by atomic mass is 19.1. The minimum atomic E-state index is -0.758. The number of nitrogens with zero attached hydrogens (tertiary/aromatic N) is 2. The van der Waals surface area contributed by atoms with Gasteiger partial charge in [0.05, 0.1) is 11.0 Å². The van der Waals surface area contributed by atoms with E-state index < -0.39 is 16.4 Å². The van der Waals surface area contributed by atoms with Crippen molar-refractivity contribution in [3.8, 4) is 0 Å². The number of rotatable bonds is 2. The third-order valence-electron chi connectivity index (χ3n) is 4.78. The van der Waals surface area contributed by atoms with Gasteiger partial charge in [0, 0.05) is 31.3 Å². The summed E-state index contributed by atoms with van der Waals surface area (Å²) in [6, 6.07) is 3.04. The number of piperidine rings is 1. The molecular formula is C15H18FN3O3. The molecule has 1 N–H and O–H groups in total. The lowest BCUT2D eigenvalue weighted by molar-refractivity contribution is -0.385. The highest BCUT2D eigenvalue weighted by Gasteiger charge is 2.38. The number of non-ortho nitro benzene ring substituents is 1. The van der Waals surface area contributed by atoms with Crippen LogP contribution in [-0.4, -0.2) is 41.9 Å². The molecule has 0 aromatic heterocycles. The first kappa shape index (κ1) is 14.9. The predicted molar refractivity (Wildman–Crippen MR) is 78.1 cm³/mol. The van der Waals surface area contributed by atoms with Crippen LogP contribution in [0.4, 0.5) is 10.1 Å². The quantitative estimate of drug-likeness (QED) is 0.669. The van der Waals surface area contributed by atoms with E-state index in [0.29, 0.717) is 13.1 Å². The summed E-state index contributed by atoms with van der Waals surface area (Å²) < 4.78 is 13.5. The molecule has 0 aliphatic carbocycles. The summed E-state index contributed by atoms with van der Waals surface area (Å²) in [6.45, 7) is 3.24. The maximum absolute atomic E-state index is 13.5. The van der Waals surface area contributed by atoms with Gasteiger partial charge in [-0.25, -0.2) is 4.39 Å². The lowest BCUT2D eigenvalue weighted by atomic mass is 9.78. The van der Waals surface area contributed by atoms with Crippen LogP contribution in [0, 0.1) is 21.3 Å². The van der Waals surface area contributed by atoms with Gasteiger partial charge in [0.25, 0.3) is 11.6 Å². The smallest absolute Gasteiger partial charge is 0.273 e. The normalized spacial score (nSPS) is 20.3. The molecule has 2 heterocycles. The molecule has 0 unspecified atom stereocenters. The van der Waals surface area contributed by atoms with Crippen molar-refractivity contribution in [3.05, 3.63) is 39.7 Å². The Bertz CT molecular complexity index is 604. The van der Waals surface area contributed by atoms with E-state index in [4.69, 9.17) is 0 Å². The fraction of sp³-hybridized carbons (Fsp3) is 0.533. The summed E-state index contributed by atoms with van der Waals surface area (Å²) in [7, 11) is 0. The molecule has 22 heavy (non-hydrogen) atoms. The van der Waals surface area contributed by atoms with Crippen LogP contribution >= 0.6 is 0 Å². The van der Waals surface area contributed by atoms with Crippen molar-refractivity contribution in [3.63, 3.8) is 0 Å². The Morgan fingerprint density at radius 2 is 2.00 bits per heavy atom. The van der Waals surface area contributed by atoms with Gasteiger partial charge in [-0.15, -0.1) is 0 Å². The van der Waals surface area contributed by atoms with E-state index in [-0.39, 0.29) is 16.9 Å². The molecule has 7 heteroatoms. The Balaban J connectivity index is 1.73.